The number of halogens is 1. The van der Waals surface area contributed by atoms with Crippen molar-refractivity contribution >= 4 is 21.5 Å². The van der Waals surface area contributed by atoms with Crippen LogP contribution in [-0.4, -0.2) is 18.6 Å². The minimum Gasteiger partial charge on any atom is -0.496 e. The zero-order valence-electron chi connectivity index (χ0n) is 21.1. The van der Waals surface area contributed by atoms with Crippen molar-refractivity contribution in [1.29, 1.82) is 0 Å². The largest absolute Gasteiger partial charge is 0.496 e. The fourth-order valence-corrected chi connectivity index (χ4v) is 3.67. The highest BCUT2D eigenvalue weighted by molar-refractivity contribution is 9.10. The number of H-pyrrole nitrogens is 1. The summed E-state index contributed by atoms with van der Waals surface area (Å²) in [5.41, 5.74) is 9.65. The summed E-state index contributed by atoms with van der Waals surface area (Å²) in [6.45, 7) is 10.3. The number of aromatic nitrogens is 1. The number of aromatic amines is 1. The molecule has 0 aliphatic rings. The Morgan fingerprint density at radius 3 is 2.41 bits per heavy atom. The molecule has 2 rings (SSSR count). The summed E-state index contributed by atoms with van der Waals surface area (Å²) < 4.78 is 6.21. The van der Waals surface area contributed by atoms with Gasteiger partial charge in [-0.3, -0.25) is 4.79 Å². The van der Waals surface area contributed by atoms with E-state index < -0.39 is 0 Å². The molecular weight excluding hydrogens is 488 g/mol. The van der Waals surface area contributed by atoms with Crippen LogP contribution in [-0.2, 0) is 0 Å². The monoisotopic (exact) mass is 524 g/mol. The Balaban J connectivity index is 0.00000201. The normalized spacial score (nSPS) is 10.1. The van der Waals surface area contributed by atoms with Gasteiger partial charge in [0, 0.05) is 6.20 Å². The van der Waals surface area contributed by atoms with Crippen LogP contribution in [0.4, 0.5) is 0 Å². The lowest BCUT2D eigenvalue weighted by Gasteiger charge is -2.11. The number of nitrogens with one attached hydrogen (secondary N) is 1. The van der Waals surface area contributed by atoms with Crippen LogP contribution < -0.4 is 16.0 Å². The third kappa shape index (κ3) is 10.2. The minimum absolute atomic E-state index is 0.178. The molecule has 3 N–H and O–H groups in total. The lowest BCUT2D eigenvalue weighted by Crippen LogP contribution is -2.09. The summed E-state index contributed by atoms with van der Waals surface area (Å²) in [4.78, 5) is 16.0. The Hall–Kier alpha value is -3.07. The van der Waals surface area contributed by atoms with E-state index in [2.05, 4.69) is 33.3 Å². The highest BCUT2D eigenvalue weighted by Gasteiger charge is 2.12. The molecule has 0 unspecified atom stereocenters. The van der Waals surface area contributed by atoms with E-state index in [0.717, 1.165) is 33.2 Å². The second-order valence-electron chi connectivity index (χ2n) is 6.81. The molecule has 0 aliphatic heterocycles. The Morgan fingerprint density at radius 2 is 1.85 bits per heavy atom. The lowest BCUT2D eigenvalue weighted by molar-refractivity contribution is 0.412. The molecule has 0 amide bonds. The van der Waals surface area contributed by atoms with Gasteiger partial charge in [0.1, 0.15) is 5.75 Å². The quantitative estimate of drug-likeness (QED) is 0.309. The maximum Gasteiger partial charge on any atom is 0.256 e. The molecule has 0 saturated heterocycles. The fourth-order valence-electron chi connectivity index (χ4n) is 3.03. The average Bonchev–Trinajstić information content (AvgIpc) is 2.84. The van der Waals surface area contributed by atoms with Crippen LogP contribution in [0.25, 0.3) is 16.7 Å². The summed E-state index contributed by atoms with van der Waals surface area (Å²) in [5.74, 6) is 2.87. The molecule has 5 heteroatoms. The van der Waals surface area contributed by atoms with Crippen molar-refractivity contribution in [2.24, 2.45) is 5.73 Å². The van der Waals surface area contributed by atoms with Crippen molar-refractivity contribution in [2.45, 2.75) is 41.0 Å². The Labute approximate surface area is 213 Å². The summed E-state index contributed by atoms with van der Waals surface area (Å²) in [7, 11) is 1.59. The third-order valence-corrected chi connectivity index (χ3v) is 5.01. The second-order valence-corrected chi connectivity index (χ2v) is 7.66. The van der Waals surface area contributed by atoms with E-state index in [1.165, 1.54) is 0 Å². The van der Waals surface area contributed by atoms with Gasteiger partial charge in [-0.15, -0.1) is 12.3 Å². The topological polar surface area (TPSA) is 68.1 Å². The highest BCUT2D eigenvalue weighted by atomic mass is 79.9. The van der Waals surface area contributed by atoms with Crippen LogP contribution in [0.5, 0.6) is 5.75 Å². The lowest BCUT2D eigenvalue weighted by atomic mass is 9.93. The number of terminal acetylenes is 1. The molecule has 0 spiro atoms. The van der Waals surface area contributed by atoms with Gasteiger partial charge in [0.2, 0.25) is 0 Å². The number of rotatable bonds is 6. The van der Waals surface area contributed by atoms with Crippen LogP contribution in [0.3, 0.4) is 0 Å². The Bertz CT molecular complexity index is 1090. The molecule has 0 radical (unpaired) electrons. The third-order valence-electron chi connectivity index (χ3n) is 4.39. The summed E-state index contributed by atoms with van der Waals surface area (Å²) in [5, 5.41) is 0. The molecule has 1 aromatic heterocycles. The molecule has 182 valence electrons. The fraction of sp³-hybridized carbons (Fsp3) is 0.276. The number of allylic oxidation sites excluding steroid dienone is 3. The van der Waals surface area contributed by atoms with E-state index in [0.29, 0.717) is 17.9 Å². The number of methoxy groups -OCH3 is 1. The van der Waals surface area contributed by atoms with Crippen LogP contribution in [0.1, 0.15) is 45.2 Å². The van der Waals surface area contributed by atoms with E-state index in [1.807, 2.05) is 82.3 Å². The first-order valence-corrected chi connectivity index (χ1v) is 12.0. The molecule has 2 aromatic rings. The Morgan fingerprint density at radius 1 is 1.24 bits per heavy atom. The van der Waals surface area contributed by atoms with Crippen molar-refractivity contribution in [3.05, 3.63) is 92.8 Å². The van der Waals surface area contributed by atoms with Crippen molar-refractivity contribution < 1.29 is 4.74 Å². The van der Waals surface area contributed by atoms with Crippen molar-refractivity contribution in [1.82, 2.24) is 4.98 Å². The number of benzene rings is 1. The Kier molecular flexibility index (Phi) is 16.7. The number of ether oxygens (including phenoxy) is 1. The van der Waals surface area contributed by atoms with Crippen LogP contribution in [0.2, 0.25) is 0 Å². The van der Waals surface area contributed by atoms with E-state index >= 15 is 0 Å². The number of hydrogen-bond donors (Lipinski definition) is 2. The van der Waals surface area contributed by atoms with Crippen molar-refractivity contribution in [3.8, 4) is 29.2 Å². The number of nitrogens with two attached hydrogens (primary N) is 1. The predicted octanol–water partition coefficient (Wildman–Crippen LogP) is 7.22. The van der Waals surface area contributed by atoms with Crippen molar-refractivity contribution in [2.75, 3.05) is 13.7 Å². The molecule has 0 atom stereocenters. The maximum absolute atomic E-state index is 13.2. The molecule has 4 nitrogen and oxygen atoms in total. The van der Waals surface area contributed by atoms with Crippen LogP contribution >= 0.6 is 15.9 Å². The van der Waals surface area contributed by atoms with Gasteiger partial charge in [-0.25, -0.2) is 0 Å². The molecule has 34 heavy (non-hydrogen) atoms. The number of aryl methyl sites for hydroxylation is 1. The smallest absolute Gasteiger partial charge is 0.256 e. The van der Waals surface area contributed by atoms with E-state index in [-0.39, 0.29) is 5.56 Å². The van der Waals surface area contributed by atoms with Gasteiger partial charge in [-0.05, 0) is 84.1 Å². The molecule has 1 heterocycles. The maximum atomic E-state index is 13.2. The van der Waals surface area contributed by atoms with Crippen LogP contribution in [0.15, 0.2) is 76.2 Å². The summed E-state index contributed by atoms with van der Waals surface area (Å²) in [6.07, 6.45) is 13.0. The first kappa shape index (κ1) is 30.9. The molecule has 0 aliphatic carbocycles. The molecule has 0 bridgehead atoms. The van der Waals surface area contributed by atoms with E-state index in [9.17, 15) is 4.79 Å². The van der Waals surface area contributed by atoms with Crippen molar-refractivity contribution in [3.63, 3.8) is 0 Å². The van der Waals surface area contributed by atoms with Gasteiger partial charge in [0.15, 0.2) is 0 Å². The molecule has 1 aromatic carbocycles. The average molecular weight is 526 g/mol. The van der Waals surface area contributed by atoms with E-state index in [1.54, 1.807) is 26.3 Å². The molecular formula is C29H37BrN2O2. The first-order valence-electron chi connectivity index (χ1n) is 11.2. The predicted molar refractivity (Wildman–Crippen MR) is 151 cm³/mol. The molecule has 0 saturated carbocycles. The summed E-state index contributed by atoms with van der Waals surface area (Å²) >= 11 is 3.59. The van der Waals surface area contributed by atoms with Gasteiger partial charge >= 0.3 is 0 Å². The van der Waals surface area contributed by atoms with Gasteiger partial charge in [0.05, 0.1) is 17.1 Å². The molecule has 0 fully saturated rings. The SMILES string of the molecule is C#CC.CC.COc1cc[nH]c(=O)c(-c2ccccc2)c(/C(C)=C/C=C\CCN)c(C)cc1Br. The zero-order chi connectivity index (χ0) is 25.9. The minimum atomic E-state index is -0.178. The van der Waals surface area contributed by atoms with Crippen LogP contribution in [0, 0.1) is 19.3 Å². The van der Waals surface area contributed by atoms with Gasteiger partial charge in [-0.2, -0.15) is 0 Å². The van der Waals surface area contributed by atoms with Gasteiger partial charge in [-0.1, -0.05) is 62.4 Å². The zero-order valence-corrected chi connectivity index (χ0v) is 22.7. The highest BCUT2D eigenvalue weighted by Crippen LogP contribution is 2.30. The first-order chi connectivity index (χ1) is 16.4. The standard InChI is InChI=1S/C24H27BrN2O2.C3H4.C2H6/c1-17(10-6-5-9-14-26)22-18(2)16-20(25)21(29-3)13-15-27-24(28)23(22)19-11-7-4-8-12-19;1-3-2;1-2/h4-8,10-13,15-16H,9,14,26H2,1-3H3,(H,27,28);1H,2H3;1-2H3/b6-5-,17-10+;;. The van der Waals surface area contributed by atoms with E-state index in [4.69, 9.17) is 10.5 Å². The summed E-state index contributed by atoms with van der Waals surface area (Å²) in [6, 6.07) is 13.4. The second kappa shape index (κ2) is 18.4. The van der Waals surface area contributed by atoms with Gasteiger partial charge in [0.25, 0.3) is 5.56 Å². The number of hydrogen-bond acceptors (Lipinski definition) is 3. The van der Waals surface area contributed by atoms with Gasteiger partial charge < -0.3 is 15.5 Å².